The molecule has 94 valence electrons. The lowest BCUT2D eigenvalue weighted by Gasteiger charge is -2.15. The lowest BCUT2D eigenvalue weighted by molar-refractivity contribution is 0.0935. The first-order chi connectivity index (χ1) is 8.06. The Hall–Kier alpha value is 0.130. The molecule has 1 atom stereocenters. The molecular weight excluding hydrogens is 414 g/mol. The van der Waals surface area contributed by atoms with Crippen molar-refractivity contribution in [3.05, 3.63) is 32.7 Å². The van der Waals surface area contributed by atoms with Gasteiger partial charge in [-0.2, -0.15) is 0 Å². The Bertz CT molecular complexity index is 375. The van der Waals surface area contributed by atoms with E-state index in [1.807, 2.05) is 18.2 Å². The molecule has 17 heavy (non-hydrogen) atoms. The van der Waals surface area contributed by atoms with Gasteiger partial charge < -0.3 is 5.32 Å². The molecule has 0 bridgehead atoms. The van der Waals surface area contributed by atoms with Crippen LogP contribution in [0, 0.1) is 0 Å². The van der Waals surface area contributed by atoms with Crippen molar-refractivity contribution in [2.45, 2.75) is 25.8 Å². The number of hydrogen-bond acceptors (Lipinski definition) is 1. The molecule has 0 radical (unpaired) electrons. The topological polar surface area (TPSA) is 29.1 Å². The Balaban J connectivity index is 2.75. The lowest BCUT2D eigenvalue weighted by atomic mass is 10.1. The Labute approximate surface area is 127 Å². The van der Waals surface area contributed by atoms with Crippen LogP contribution in [0.25, 0.3) is 0 Å². The van der Waals surface area contributed by atoms with Gasteiger partial charge in [-0.05, 0) is 31.0 Å². The summed E-state index contributed by atoms with van der Waals surface area (Å²) in [4.78, 5) is 12.0. The van der Waals surface area contributed by atoms with E-state index in [0.717, 1.165) is 27.1 Å². The summed E-state index contributed by atoms with van der Waals surface area (Å²) in [6.07, 6.45) is 1.88. The normalized spacial score (nSPS) is 12.2. The van der Waals surface area contributed by atoms with E-state index >= 15 is 0 Å². The first-order valence-corrected chi connectivity index (χ1v) is 8.10. The smallest absolute Gasteiger partial charge is 0.251 e. The van der Waals surface area contributed by atoms with Crippen molar-refractivity contribution in [3.8, 4) is 0 Å². The van der Waals surface area contributed by atoms with Gasteiger partial charge in [0.05, 0.1) is 0 Å². The van der Waals surface area contributed by atoms with Crippen LogP contribution in [-0.4, -0.2) is 17.3 Å². The Kier molecular flexibility index (Phi) is 6.74. The number of benzene rings is 1. The molecule has 1 N–H and O–H groups in total. The zero-order valence-electron chi connectivity index (χ0n) is 9.47. The first kappa shape index (κ1) is 15.2. The second-order valence-corrected chi connectivity index (χ2v) is 6.34. The summed E-state index contributed by atoms with van der Waals surface area (Å²) in [6.45, 7) is 2.07. The predicted octanol–water partition coefficient (Wildman–Crippen LogP) is 4.51. The lowest BCUT2D eigenvalue weighted by Crippen LogP contribution is -2.34. The van der Waals surface area contributed by atoms with E-state index in [1.165, 1.54) is 0 Å². The number of rotatable bonds is 5. The molecule has 1 unspecified atom stereocenters. The minimum atomic E-state index is -0.0280. The van der Waals surface area contributed by atoms with Gasteiger partial charge in [0.1, 0.15) is 0 Å². The second kappa shape index (κ2) is 7.54. The van der Waals surface area contributed by atoms with Gasteiger partial charge in [0, 0.05) is 25.9 Å². The van der Waals surface area contributed by atoms with Crippen LogP contribution in [0.1, 0.15) is 30.1 Å². The van der Waals surface area contributed by atoms with E-state index in [9.17, 15) is 4.79 Å². The van der Waals surface area contributed by atoms with E-state index in [1.54, 1.807) is 0 Å². The van der Waals surface area contributed by atoms with Crippen molar-refractivity contribution >= 4 is 53.7 Å². The number of alkyl halides is 1. The summed E-state index contributed by atoms with van der Waals surface area (Å²) in [7, 11) is 0. The van der Waals surface area contributed by atoms with Crippen molar-refractivity contribution in [2.24, 2.45) is 0 Å². The van der Waals surface area contributed by atoms with Crippen molar-refractivity contribution in [1.29, 1.82) is 0 Å². The van der Waals surface area contributed by atoms with Crippen LogP contribution in [0.5, 0.6) is 0 Å². The van der Waals surface area contributed by atoms with Crippen LogP contribution in [-0.2, 0) is 0 Å². The number of hydrogen-bond donors (Lipinski definition) is 1. The SMILES string of the molecule is CCC(CCBr)NC(=O)c1cc(Br)cc(Br)c1. The maximum atomic E-state index is 12.0. The molecule has 0 fully saturated rings. The van der Waals surface area contributed by atoms with Gasteiger partial charge in [-0.3, -0.25) is 4.79 Å². The second-order valence-electron chi connectivity index (χ2n) is 3.71. The van der Waals surface area contributed by atoms with E-state index in [0.29, 0.717) is 5.56 Å². The number of halogens is 3. The highest BCUT2D eigenvalue weighted by atomic mass is 79.9. The summed E-state index contributed by atoms with van der Waals surface area (Å²) in [5.41, 5.74) is 0.666. The van der Waals surface area contributed by atoms with Gasteiger partial charge in [0.2, 0.25) is 0 Å². The molecule has 1 rings (SSSR count). The Morgan fingerprint density at radius 2 is 1.88 bits per heavy atom. The third-order valence-corrected chi connectivity index (χ3v) is 3.78. The summed E-state index contributed by atoms with van der Waals surface area (Å²) >= 11 is 10.1. The highest BCUT2D eigenvalue weighted by Gasteiger charge is 2.12. The predicted molar refractivity (Wildman–Crippen MR) is 81.8 cm³/mol. The maximum absolute atomic E-state index is 12.0. The van der Waals surface area contributed by atoms with Gasteiger partial charge in [-0.15, -0.1) is 0 Å². The highest BCUT2D eigenvalue weighted by Crippen LogP contribution is 2.20. The molecule has 0 saturated heterocycles. The van der Waals surface area contributed by atoms with Crippen molar-refractivity contribution in [2.75, 3.05) is 5.33 Å². The summed E-state index contributed by atoms with van der Waals surface area (Å²) in [5.74, 6) is -0.0280. The molecule has 2 nitrogen and oxygen atoms in total. The van der Waals surface area contributed by atoms with E-state index < -0.39 is 0 Å². The average molecular weight is 428 g/mol. The molecule has 0 aliphatic carbocycles. The average Bonchev–Trinajstić information content (AvgIpc) is 2.27. The first-order valence-electron chi connectivity index (χ1n) is 5.39. The molecule has 1 amide bonds. The molecule has 0 aliphatic rings. The van der Waals surface area contributed by atoms with Crippen molar-refractivity contribution in [3.63, 3.8) is 0 Å². The van der Waals surface area contributed by atoms with Crippen LogP contribution < -0.4 is 5.32 Å². The number of carbonyl (C=O) groups excluding carboxylic acids is 1. The van der Waals surface area contributed by atoms with Gasteiger partial charge in [0.15, 0.2) is 0 Å². The summed E-state index contributed by atoms with van der Waals surface area (Å²) in [5, 5.41) is 3.92. The van der Waals surface area contributed by atoms with Crippen LogP contribution in [0.4, 0.5) is 0 Å². The standard InChI is InChI=1S/C12H14Br3NO/c1-2-11(3-4-13)16-12(17)8-5-9(14)7-10(15)6-8/h5-7,11H,2-4H2,1H3,(H,16,17). The van der Waals surface area contributed by atoms with Crippen LogP contribution in [0.3, 0.4) is 0 Å². The number of amides is 1. The highest BCUT2D eigenvalue weighted by molar-refractivity contribution is 9.11. The van der Waals surface area contributed by atoms with Gasteiger partial charge >= 0.3 is 0 Å². The molecule has 1 aromatic rings. The minimum Gasteiger partial charge on any atom is -0.349 e. The van der Waals surface area contributed by atoms with E-state index in [4.69, 9.17) is 0 Å². The van der Waals surface area contributed by atoms with Gasteiger partial charge in [0.25, 0.3) is 5.91 Å². The minimum absolute atomic E-state index is 0.0280. The van der Waals surface area contributed by atoms with Crippen LogP contribution in [0.15, 0.2) is 27.1 Å². The molecule has 0 aliphatic heterocycles. The Morgan fingerprint density at radius 3 is 2.35 bits per heavy atom. The molecular formula is C12H14Br3NO. The largest absolute Gasteiger partial charge is 0.349 e. The quantitative estimate of drug-likeness (QED) is 0.688. The fourth-order valence-electron chi connectivity index (χ4n) is 1.46. The fourth-order valence-corrected chi connectivity index (χ4v) is 3.31. The van der Waals surface area contributed by atoms with Gasteiger partial charge in [-0.25, -0.2) is 0 Å². The molecule has 0 aromatic heterocycles. The fraction of sp³-hybridized carbons (Fsp3) is 0.417. The van der Waals surface area contributed by atoms with E-state index in [-0.39, 0.29) is 11.9 Å². The van der Waals surface area contributed by atoms with Crippen molar-refractivity contribution in [1.82, 2.24) is 5.32 Å². The Morgan fingerprint density at radius 1 is 1.29 bits per heavy atom. The number of nitrogens with one attached hydrogen (secondary N) is 1. The van der Waals surface area contributed by atoms with Crippen molar-refractivity contribution < 1.29 is 4.79 Å². The van der Waals surface area contributed by atoms with Gasteiger partial charge in [-0.1, -0.05) is 54.7 Å². The third kappa shape index (κ3) is 5.10. The molecule has 0 heterocycles. The van der Waals surface area contributed by atoms with Crippen LogP contribution in [0.2, 0.25) is 0 Å². The monoisotopic (exact) mass is 425 g/mol. The molecule has 5 heteroatoms. The van der Waals surface area contributed by atoms with Crippen LogP contribution >= 0.6 is 47.8 Å². The molecule has 0 spiro atoms. The maximum Gasteiger partial charge on any atom is 0.251 e. The summed E-state index contributed by atoms with van der Waals surface area (Å²) in [6, 6.07) is 5.77. The van der Waals surface area contributed by atoms with E-state index in [2.05, 4.69) is 60.0 Å². The summed E-state index contributed by atoms with van der Waals surface area (Å²) < 4.78 is 1.79. The number of carbonyl (C=O) groups is 1. The molecule has 0 saturated carbocycles. The third-order valence-electron chi connectivity index (χ3n) is 2.41. The zero-order chi connectivity index (χ0) is 12.8. The molecule has 1 aromatic carbocycles. The zero-order valence-corrected chi connectivity index (χ0v) is 14.2.